The molecule has 2 heterocycles. The van der Waals surface area contributed by atoms with E-state index in [1.165, 1.54) is 10.6 Å². The van der Waals surface area contributed by atoms with E-state index in [1.807, 2.05) is 0 Å². The Balaban J connectivity index is 1.57. The number of urea groups is 1. The molecular formula is C14H19N3O5S. The number of ether oxygens (including phenoxy) is 2. The van der Waals surface area contributed by atoms with Crippen molar-refractivity contribution in [2.75, 3.05) is 31.5 Å². The summed E-state index contributed by atoms with van der Waals surface area (Å²) in [6.07, 6.45) is 2.66. The van der Waals surface area contributed by atoms with Gasteiger partial charge in [-0.05, 0) is 25.0 Å². The molecule has 1 atom stereocenters. The minimum Gasteiger partial charge on any atom is -0.454 e. The topological polar surface area (TPSA) is 97.0 Å². The molecule has 1 aromatic rings. The summed E-state index contributed by atoms with van der Waals surface area (Å²) in [5, 5.41) is 5.53. The number of fused-ring (bicyclic) bond motifs is 1. The number of carbonyl (C=O) groups excluding carboxylic acids is 1. The van der Waals surface area contributed by atoms with Crippen LogP contribution in [0.4, 0.5) is 10.5 Å². The smallest absolute Gasteiger partial charge is 0.319 e. The van der Waals surface area contributed by atoms with E-state index in [1.54, 1.807) is 18.2 Å². The largest absolute Gasteiger partial charge is 0.454 e. The van der Waals surface area contributed by atoms with Crippen molar-refractivity contribution < 1.29 is 22.7 Å². The van der Waals surface area contributed by atoms with E-state index in [0.717, 1.165) is 12.8 Å². The monoisotopic (exact) mass is 341 g/mol. The van der Waals surface area contributed by atoms with Crippen LogP contribution in [0.1, 0.15) is 12.8 Å². The molecule has 2 amide bonds. The van der Waals surface area contributed by atoms with Crippen molar-refractivity contribution in [1.82, 2.24) is 9.62 Å². The van der Waals surface area contributed by atoms with E-state index in [4.69, 9.17) is 9.47 Å². The Morgan fingerprint density at radius 2 is 2.09 bits per heavy atom. The average molecular weight is 341 g/mol. The molecule has 3 rings (SSSR count). The van der Waals surface area contributed by atoms with Crippen LogP contribution < -0.4 is 20.1 Å². The fraction of sp³-hybridized carbons (Fsp3) is 0.500. The van der Waals surface area contributed by atoms with Gasteiger partial charge in [0, 0.05) is 30.9 Å². The molecule has 2 aliphatic heterocycles. The van der Waals surface area contributed by atoms with E-state index in [2.05, 4.69) is 10.6 Å². The minimum atomic E-state index is -3.23. The van der Waals surface area contributed by atoms with Crippen molar-refractivity contribution >= 4 is 21.7 Å². The van der Waals surface area contributed by atoms with Gasteiger partial charge in [-0.15, -0.1) is 0 Å². The van der Waals surface area contributed by atoms with Crippen LogP contribution in [-0.2, 0) is 10.0 Å². The first-order chi connectivity index (χ1) is 10.9. The highest BCUT2D eigenvalue weighted by molar-refractivity contribution is 7.88. The number of nitrogens with zero attached hydrogens (tertiary/aromatic N) is 1. The summed E-state index contributed by atoms with van der Waals surface area (Å²) in [5.41, 5.74) is 0.586. The van der Waals surface area contributed by atoms with Crippen LogP contribution in [0.15, 0.2) is 18.2 Å². The number of nitrogens with one attached hydrogen (secondary N) is 2. The van der Waals surface area contributed by atoms with Crippen molar-refractivity contribution in [3.05, 3.63) is 18.2 Å². The number of sulfonamides is 1. The third-order valence-corrected chi connectivity index (χ3v) is 5.09. The number of amides is 2. The first kappa shape index (κ1) is 15.9. The van der Waals surface area contributed by atoms with Gasteiger partial charge in [-0.2, -0.15) is 0 Å². The van der Waals surface area contributed by atoms with Gasteiger partial charge >= 0.3 is 6.03 Å². The fourth-order valence-electron chi connectivity index (χ4n) is 2.69. The van der Waals surface area contributed by atoms with Crippen LogP contribution in [0.2, 0.25) is 0 Å². The van der Waals surface area contributed by atoms with Gasteiger partial charge in [0.05, 0.1) is 6.26 Å². The number of carbonyl (C=O) groups is 1. The number of benzene rings is 1. The molecule has 8 nitrogen and oxygen atoms in total. The molecule has 23 heavy (non-hydrogen) atoms. The van der Waals surface area contributed by atoms with Crippen LogP contribution >= 0.6 is 0 Å². The molecule has 0 aromatic heterocycles. The fourth-order valence-corrected chi connectivity index (χ4v) is 3.60. The zero-order valence-corrected chi connectivity index (χ0v) is 13.6. The predicted molar refractivity (Wildman–Crippen MR) is 84.2 cm³/mol. The SMILES string of the molecule is CS(=O)(=O)N1CCC[C@H](NC(=O)Nc2ccc3c(c2)OCO3)C1. The summed E-state index contributed by atoms with van der Waals surface area (Å²) < 4.78 is 35.0. The van der Waals surface area contributed by atoms with Crippen molar-refractivity contribution in [3.63, 3.8) is 0 Å². The minimum absolute atomic E-state index is 0.175. The Labute approximate surface area is 134 Å². The molecule has 0 radical (unpaired) electrons. The van der Waals surface area contributed by atoms with Crippen LogP contribution in [0.25, 0.3) is 0 Å². The lowest BCUT2D eigenvalue weighted by Gasteiger charge is -2.31. The summed E-state index contributed by atoms with van der Waals surface area (Å²) in [4.78, 5) is 12.1. The number of rotatable bonds is 3. The summed E-state index contributed by atoms with van der Waals surface area (Å²) in [7, 11) is -3.23. The Bertz CT molecular complexity index is 706. The maximum Gasteiger partial charge on any atom is 0.319 e. The molecular weight excluding hydrogens is 322 g/mol. The van der Waals surface area contributed by atoms with Crippen LogP contribution in [0.3, 0.4) is 0 Å². The van der Waals surface area contributed by atoms with Gasteiger partial charge in [-0.25, -0.2) is 17.5 Å². The second-order valence-corrected chi connectivity index (χ2v) is 7.61. The third-order valence-electron chi connectivity index (χ3n) is 3.82. The molecule has 1 aromatic carbocycles. The molecule has 0 saturated carbocycles. The molecule has 1 fully saturated rings. The van der Waals surface area contributed by atoms with Crippen LogP contribution in [0, 0.1) is 0 Å². The molecule has 1 saturated heterocycles. The molecule has 0 spiro atoms. The molecule has 0 aliphatic carbocycles. The summed E-state index contributed by atoms with van der Waals surface area (Å²) in [6.45, 7) is 0.975. The summed E-state index contributed by atoms with van der Waals surface area (Å²) in [6, 6.07) is 4.56. The Morgan fingerprint density at radius 1 is 1.30 bits per heavy atom. The number of hydrogen-bond donors (Lipinski definition) is 2. The molecule has 2 N–H and O–H groups in total. The highest BCUT2D eigenvalue weighted by atomic mass is 32.2. The Hall–Kier alpha value is -2.00. The van der Waals surface area contributed by atoms with E-state index in [9.17, 15) is 13.2 Å². The van der Waals surface area contributed by atoms with Crippen LogP contribution in [-0.4, -0.2) is 50.9 Å². The van der Waals surface area contributed by atoms with Gasteiger partial charge in [-0.1, -0.05) is 0 Å². The lowest BCUT2D eigenvalue weighted by molar-refractivity contribution is 0.174. The van der Waals surface area contributed by atoms with Gasteiger partial charge in [0.25, 0.3) is 0 Å². The average Bonchev–Trinajstić information content (AvgIpc) is 2.94. The molecule has 0 unspecified atom stereocenters. The van der Waals surface area contributed by atoms with E-state index in [-0.39, 0.29) is 18.9 Å². The maximum absolute atomic E-state index is 12.1. The van der Waals surface area contributed by atoms with E-state index < -0.39 is 10.0 Å². The first-order valence-electron chi connectivity index (χ1n) is 7.34. The third kappa shape index (κ3) is 3.85. The second-order valence-electron chi connectivity index (χ2n) is 5.63. The van der Waals surface area contributed by atoms with Gasteiger partial charge in [0.15, 0.2) is 11.5 Å². The highest BCUT2D eigenvalue weighted by Gasteiger charge is 2.26. The standard InChI is InChI=1S/C14H19N3O5S/c1-23(19,20)17-6-2-3-11(8-17)16-14(18)15-10-4-5-12-13(7-10)22-9-21-12/h4-5,7,11H,2-3,6,8-9H2,1H3,(H2,15,16,18)/t11-/m0/s1. The number of anilines is 1. The second kappa shape index (κ2) is 6.25. The van der Waals surface area contributed by atoms with Gasteiger partial charge in [0.2, 0.25) is 16.8 Å². The predicted octanol–water partition coefficient (Wildman–Crippen LogP) is 0.961. The lowest BCUT2D eigenvalue weighted by atomic mass is 10.1. The molecule has 9 heteroatoms. The number of piperidine rings is 1. The van der Waals surface area contributed by atoms with Crippen molar-refractivity contribution in [2.24, 2.45) is 0 Å². The zero-order valence-electron chi connectivity index (χ0n) is 12.7. The number of hydrogen-bond acceptors (Lipinski definition) is 5. The Kier molecular flexibility index (Phi) is 4.31. The van der Waals surface area contributed by atoms with Crippen molar-refractivity contribution in [2.45, 2.75) is 18.9 Å². The quantitative estimate of drug-likeness (QED) is 0.853. The molecule has 2 aliphatic rings. The van der Waals surface area contributed by atoms with E-state index in [0.29, 0.717) is 30.3 Å². The summed E-state index contributed by atoms with van der Waals surface area (Å²) in [5.74, 6) is 1.23. The Morgan fingerprint density at radius 3 is 2.87 bits per heavy atom. The van der Waals surface area contributed by atoms with Gasteiger partial charge < -0.3 is 20.1 Å². The maximum atomic E-state index is 12.1. The van der Waals surface area contributed by atoms with E-state index >= 15 is 0 Å². The van der Waals surface area contributed by atoms with Crippen molar-refractivity contribution in [1.29, 1.82) is 0 Å². The normalized spacial score (nSPS) is 21.0. The van der Waals surface area contributed by atoms with Gasteiger partial charge in [-0.3, -0.25) is 0 Å². The van der Waals surface area contributed by atoms with Gasteiger partial charge in [0.1, 0.15) is 0 Å². The highest BCUT2D eigenvalue weighted by Crippen LogP contribution is 2.34. The first-order valence-corrected chi connectivity index (χ1v) is 9.19. The van der Waals surface area contributed by atoms with Crippen molar-refractivity contribution in [3.8, 4) is 11.5 Å². The lowest BCUT2D eigenvalue weighted by Crippen LogP contribution is -2.50. The summed E-state index contributed by atoms with van der Waals surface area (Å²) >= 11 is 0. The van der Waals surface area contributed by atoms with Crippen LogP contribution in [0.5, 0.6) is 11.5 Å². The molecule has 126 valence electrons. The zero-order chi connectivity index (χ0) is 16.4. The molecule has 0 bridgehead atoms.